The molecule has 1 heterocycles. The van der Waals surface area contributed by atoms with Gasteiger partial charge in [0, 0.05) is 11.8 Å². The van der Waals surface area contributed by atoms with E-state index < -0.39 is 5.97 Å². The van der Waals surface area contributed by atoms with E-state index in [1.54, 1.807) is 17.8 Å². The van der Waals surface area contributed by atoms with Gasteiger partial charge >= 0.3 is 5.97 Å². The Bertz CT molecular complexity index is 589. The first-order valence-corrected chi connectivity index (χ1v) is 7.86. The molecule has 1 aromatic carbocycles. The summed E-state index contributed by atoms with van der Waals surface area (Å²) < 4.78 is -0.360. The summed E-state index contributed by atoms with van der Waals surface area (Å²) in [4.78, 5) is 23.0. The number of carboxylic acids is 1. The number of hydrogen-bond donors (Lipinski definition) is 2. The normalized spacial score (nSPS) is 21.6. The lowest BCUT2D eigenvalue weighted by Gasteiger charge is -2.21. The van der Waals surface area contributed by atoms with Gasteiger partial charge in [-0.1, -0.05) is 6.07 Å². The van der Waals surface area contributed by atoms with E-state index in [0.29, 0.717) is 5.69 Å². The summed E-state index contributed by atoms with van der Waals surface area (Å²) >= 11 is 1.69. The fraction of sp³-hybridized carbons (Fsp3) is 0.375. The molecule has 1 saturated heterocycles. The lowest BCUT2D eigenvalue weighted by Crippen LogP contribution is -2.34. The molecule has 4 nitrogen and oxygen atoms in total. The van der Waals surface area contributed by atoms with Gasteiger partial charge in [-0.25, -0.2) is 4.79 Å². The first-order chi connectivity index (χ1) is 9.89. The topological polar surface area (TPSA) is 66.4 Å². The number of carbonyl (C=O) groups is 2. The molecule has 1 unspecified atom stereocenters. The SMILES string of the molecule is Cc1cc(/C=C/C(=O)O)cc(NC(=O)C2(C)CCCS2)c1. The molecule has 0 bridgehead atoms. The molecule has 1 aliphatic rings. The number of carboxylic acid groups (broad SMARTS) is 1. The molecule has 5 heteroatoms. The van der Waals surface area contributed by atoms with Crippen LogP contribution in [0.25, 0.3) is 6.08 Å². The van der Waals surface area contributed by atoms with Crippen LogP contribution in [0.2, 0.25) is 0 Å². The van der Waals surface area contributed by atoms with E-state index in [2.05, 4.69) is 5.32 Å². The van der Waals surface area contributed by atoms with Crippen molar-refractivity contribution >= 4 is 35.4 Å². The fourth-order valence-corrected chi connectivity index (χ4v) is 3.58. The first kappa shape index (κ1) is 15.6. The molecular formula is C16H19NO3S. The van der Waals surface area contributed by atoms with E-state index in [4.69, 9.17) is 5.11 Å². The lowest BCUT2D eigenvalue weighted by molar-refractivity contribution is -0.131. The van der Waals surface area contributed by atoms with Crippen LogP contribution < -0.4 is 5.32 Å². The summed E-state index contributed by atoms with van der Waals surface area (Å²) in [5.41, 5.74) is 2.44. The van der Waals surface area contributed by atoms with Crippen LogP contribution in [-0.2, 0) is 9.59 Å². The highest BCUT2D eigenvalue weighted by molar-refractivity contribution is 8.01. The Hall–Kier alpha value is -1.75. The molecule has 0 spiro atoms. The standard InChI is InChI=1S/C16H19NO3S/c1-11-8-12(4-5-14(18)19)10-13(9-11)17-15(20)16(2)6-3-7-21-16/h4-5,8-10H,3,6-7H2,1-2H3,(H,17,20)(H,18,19)/b5-4+. The summed E-state index contributed by atoms with van der Waals surface area (Å²) in [5.74, 6) is 0.0466. The van der Waals surface area contributed by atoms with Crippen LogP contribution >= 0.6 is 11.8 Å². The van der Waals surface area contributed by atoms with E-state index in [-0.39, 0.29) is 10.7 Å². The third-order valence-electron chi connectivity index (χ3n) is 3.48. The van der Waals surface area contributed by atoms with Gasteiger partial charge in [0.05, 0.1) is 4.75 Å². The van der Waals surface area contributed by atoms with Gasteiger partial charge in [0.2, 0.25) is 5.91 Å². The van der Waals surface area contributed by atoms with Crippen molar-refractivity contribution in [3.8, 4) is 0 Å². The molecule has 2 N–H and O–H groups in total. The van der Waals surface area contributed by atoms with Gasteiger partial charge in [-0.3, -0.25) is 4.79 Å². The number of aryl methyl sites for hydroxylation is 1. The Kier molecular flexibility index (Phi) is 4.73. The van der Waals surface area contributed by atoms with Gasteiger partial charge in [0.25, 0.3) is 0 Å². The second kappa shape index (κ2) is 6.35. The first-order valence-electron chi connectivity index (χ1n) is 6.87. The Morgan fingerprint density at radius 1 is 1.38 bits per heavy atom. The van der Waals surface area contributed by atoms with Crippen LogP contribution in [-0.4, -0.2) is 27.5 Å². The molecule has 1 atom stereocenters. The van der Waals surface area contributed by atoms with Crippen molar-refractivity contribution in [2.45, 2.75) is 31.4 Å². The molecule has 2 rings (SSSR count). The van der Waals surface area contributed by atoms with E-state index in [1.807, 2.05) is 26.0 Å². The molecule has 1 aromatic rings. The Balaban J connectivity index is 2.16. The summed E-state index contributed by atoms with van der Waals surface area (Å²) in [5, 5.41) is 11.6. The van der Waals surface area contributed by atoms with Gasteiger partial charge in [0.15, 0.2) is 0 Å². The highest BCUT2D eigenvalue weighted by atomic mass is 32.2. The zero-order valence-electron chi connectivity index (χ0n) is 12.2. The maximum absolute atomic E-state index is 12.4. The third-order valence-corrected chi connectivity index (χ3v) is 4.99. The summed E-state index contributed by atoms with van der Waals surface area (Å²) in [6, 6.07) is 5.55. The third kappa shape index (κ3) is 4.11. The van der Waals surface area contributed by atoms with Gasteiger partial charge in [-0.05, 0) is 61.8 Å². The van der Waals surface area contributed by atoms with Crippen molar-refractivity contribution in [3.05, 3.63) is 35.4 Å². The summed E-state index contributed by atoms with van der Waals surface area (Å²) in [6.45, 7) is 3.89. The van der Waals surface area contributed by atoms with E-state index in [0.717, 1.165) is 35.8 Å². The Labute approximate surface area is 128 Å². The van der Waals surface area contributed by atoms with E-state index in [9.17, 15) is 9.59 Å². The maximum atomic E-state index is 12.4. The van der Waals surface area contributed by atoms with Gasteiger partial charge < -0.3 is 10.4 Å². The highest BCUT2D eigenvalue weighted by Gasteiger charge is 2.37. The molecule has 21 heavy (non-hydrogen) atoms. The Morgan fingerprint density at radius 2 is 2.14 bits per heavy atom. The summed E-state index contributed by atoms with van der Waals surface area (Å²) in [7, 11) is 0. The monoisotopic (exact) mass is 305 g/mol. The quantitative estimate of drug-likeness (QED) is 0.838. The average molecular weight is 305 g/mol. The van der Waals surface area contributed by atoms with Crippen molar-refractivity contribution in [2.24, 2.45) is 0 Å². The summed E-state index contributed by atoms with van der Waals surface area (Å²) in [6.07, 6.45) is 4.57. The number of anilines is 1. The number of hydrogen-bond acceptors (Lipinski definition) is 3. The van der Waals surface area contributed by atoms with Crippen LogP contribution in [0.15, 0.2) is 24.3 Å². The smallest absolute Gasteiger partial charge is 0.328 e. The van der Waals surface area contributed by atoms with E-state index in [1.165, 1.54) is 6.08 Å². The average Bonchev–Trinajstić information content (AvgIpc) is 2.84. The lowest BCUT2D eigenvalue weighted by atomic mass is 10.0. The van der Waals surface area contributed by atoms with Crippen LogP contribution in [0.5, 0.6) is 0 Å². The molecule has 0 saturated carbocycles. The maximum Gasteiger partial charge on any atom is 0.328 e. The number of benzene rings is 1. The van der Waals surface area contributed by atoms with Crippen molar-refractivity contribution in [2.75, 3.05) is 11.1 Å². The predicted molar refractivity (Wildman–Crippen MR) is 86.6 cm³/mol. The molecule has 112 valence electrons. The number of carbonyl (C=O) groups excluding carboxylic acids is 1. The Morgan fingerprint density at radius 3 is 2.76 bits per heavy atom. The number of thioether (sulfide) groups is 1. The minimum atomic E-state index is -0.989. The van der Waals surface area contributed by atoms with Crippen molar-refractivity contribution in [1.82, 2.24) is 0 Å². The van der Waals surface area contributed by atoms with Gasteiger partial charge in [-0.15, -0.1) is 11.8 Å². The zero-order chi connectivity index (χ0) is 15.5. The van der Waals surface area contributed by atoms with Crippen molar-refractivity contribution < 1.29 is 14.7 Å². The van der Waals surface area contributed by atoms with Crippen molar-refractivity contribution in [1.29, 1.82) is 0 Å². The predicted octanol–water partition coefficient (Wildman–Crippen LogP) is 3.32. The van der Waals surface area contributed by atoms with Gasteiger partial charge in [0.1, 0.15) is 0 Å². The van der Waals surface area contributed by atoms with Crippen LogP contribution in [0, 0.1) is 6.92 Å². The van der Waals surface area contributed by atoms with Crippen LogP contribution in [0.3, 0.4) is 0 Å². The fourth-order valence-electron chi connectivity index (χ4n) is 2.37. The zero-order valence-corrected chi connectivity index (χ0v) is 13.0. The second-order valence-electron chi connectivity index (χ2n) is 5.44. The molecule has 0 aliphatic carbocycles. The second-order valence-corrected chi connectivity index (χ2v) is 7.04. The minimum absolute atomic E-state index is 0.0174. The van der Waals surface area contributed by atoms with E-state index >= 15 is 0 Å². The molecule has 0 aromatic heterocycles. The highest BCUT2D eigenvalue weighted by Crippen LogP contribution is 2.38. The minimum Gasteiger partial charge on any atom is -0.478 e. The van der Waals surface area contributed by atoms with Gasteiger partial charge in [-0.2, -0.15) is 0 Å². The number of amides is 1. The number of rotatable bonds is 4. The van der Waals surface area contributed by atoms with Crippen LogP contribution in [0.1, 0.15) is 30.9 Å². The molecule has 1 fully saturated rings. The molecule has 1 aliphatic heterocycles. The number of nitrogens with one attached hydrogen (secondary N) is 1. The molecule has 1 amide bonds. The van der Waals surface area contributed by atoms with Crippen LogP contribution in [0.4, 0.5) is 5.69 Å². The molecule has 0 radical (unpaired) electrons. The number of aliphatic carboxylic acids is 1. The van der Waals surface area contributed by atoms with Crippen molar-refractivity contribution in [3.63, 3.8) is 0 Å². The molecular weight excluding hydrogens is 286 g/mol. The largest absolute Gasteiger partial charge is 0.478 e.